The smallest absolute Gasteiger partial charge is 0.251 e. The van der Waals surface area contributed by atoms with Gasteiger partial charge in [0.1, 0.15) is 0 Å². The molecule has 1 amide bonds. The van der Waals surface area contributed by atoms with Crippen molar-refractivity contribution in [3.05, 3.63) is 34.2 Å². The highest BCUT2D eigenvalue weighted by atomic mass is 35.5. The zero-order chi connectivity index (χ0) is 18.1. The van der Waals surface area contributed by atoms with Gasteiger partial charge in [-0.3, -0.25) is 14.5 Å². The maximum Gasteiger partial charge on any atom is 0.251 e. The van der Waals surface area contributed by atoms with E-state index in [9.17, 15) is 9.59 Å². The highest BCUT2D eigenvalue weighted by Crippen LogP contribution is 2.42. The average Bonchev–Trinajstić information content (AvgIpc) is 3.43. The second-order valence-corrected chi connectivity index (χ2v) is 7.92. The summed E-state index contributed by atoms with van der Waals surface area (Å²) >= 11 is 0. The van der Waals surface area contributed by atoms with E-state index in [1.54, 1.807) is 16.8 Å². The summed E-state index contributed by atoms with van der Waals surface area (Å²) in [6.07, 6.45) is 6.45. The van der Waals surface area contributed by atoms with Crippen LogP contribution in [0.3, 0.4) is 0 Å². The van der Waals surface area contributed by atoms with Gasteiger partial charge in [-0.05, 0) is 50.5 Å². The van der Waals surface area contributed by atoms with Crippen LogP contribution in [0.15, 0.2) is 23.1 Å². The van der Waals surface area contributed by atoms with Crippen LogP contribution in [0.2, 0.25) is 0 Å². The molecule has 1 saturated carbocycles. The first kappa shape index (κ1) is 20.4. The number of halogens is 1. The minimum Gasteiger partial charge on any atom is -0.381 e. The van der Waals surface area contributed by atoms with E-state index in [1.165, 1.54) is 18.9 Å². The maximum atomic E-state index is 12.7. The van der Waals surface area contributed by atoms with E-state index >= 15 is 0 Å². The first-order valence-electron chi connectivity index (χ1n) is 9.99. The number of nitrogens with zero attached hydrogens (tertiary/aromatic N) is 2. The summed E-state index contributed by atoms with van der Waals surface area (Å²) in [6.45, 7) is 6.24. The van der Waals surface area contributed by atoms with Crippen LogP contribution in [0, 0.1) is 11.8 Å². The van der Waals surface area contributed by atoms with Crippen molar-refractivity contribution < 1.29 is 9.53 Å². The van der Waals surface area contributed by atoms with Gasteiger partial charge in [0.15, 0.2) is 0 Å². The Hall–Kier alpha value is -1.37. The van der Waals surface area contributed by atoms with Crippen molar-refractivity contribution >= 4 is 18.3 Å². The van der Waals surface area contributed by atoms with E-state index in [-0.39, 0.29) is 29.9 Å². The molecule has 1 aromatic heterocycles. The molecule has 3 aliphatic rings. The molecule has 0 aromatic carbocycles. The van der Waals surface area contributed by atoms with Gasteiger partial charge < -0.3 is 14.6 Å². The van der Waals surface area contributed by atoms with Crippen LogP contribution in [-0.4, -0.2) is 53.8 Å². The maximum absolute atomic E-state index is 12.7. The molecular weight excluding hydrogens is 366 g/mol. The summed E-state index contributed by atoms with van der Waals surface area (Å²) in [6, 6.07) is 3.97. The third-order valence-electron chi connectivity index (χ3n) is 6.24. The second-order valence-electron chi connectivity index (χ2n) is 7.92. The second kappa shape index (κ2) is 8.76. The monoisotopic (exact) mass is 395 g/mol. The Kier molecular flexibility index (Phi) is 6.61. The molecule has 27 heavy (non-hydrogen) atoms. The SMILES string of the molecule is CCn1ccc(C(=O)N[C@H]2CN(C3CCOCC3)C[C@@H]2C2CC2)cc1=O.Cl. The molecule has 3 heterocycles. The predicted octanol–water partition coefficient (Wildman–Crippen LogP) is 1.91. The Morgan fingerprint density at radius 3 is 2.59 bits per heavy atom. The molecule has 0 spiro atoms. The van der Waals surface area contributed by atoms with E-state index < -0.39 is 0 Å². The van der Waals surface area contributed by atoms with Gasteiger partial charge >= 0.3 is 0 Å². The Morgan fingerprint density at radius 1 is 1.22 bits per heavy atom. The van der Waals surface area contributed by atoms with E-state index in [0.717, 1.165) is 45.1 Å². The van der Waals surface area contributed by atoms with Gasteiger partial charge in [-0.1, -0.05) is 0 Å². The summed E-state index contributed by atoms with van der Waals surface area (Å²) < 4.78 is 7.10. The molecule has 1 N–H and O–H groups in total. The Labute approximate surface area is 166 Å². The molecule has 0 bridgehead atoms. The van der Waals surface area contributed by atoms with Crippen molar-refractivity contribution in [1.29, 1.82) is 0 Å². The van der Waals surface area contributed by atoms with Crippen molar-refractivity contribution in [3.8, 4) is 0 Å². The van der Waals surface area contributed by atoms with Crippen molar-refractivity contribution in [3.63, 3.8) is 0 Å². The molecule has 1 aliphatic carbocycles. The molecule has 6 nitrogen and oxygen atoms in total. The molecular formula is C20H30ClN3O3. The van der Waals surface area contributed by atoms with Crippen LogP contribution in [0.25, 0.3) is 0 Å². The molecule has 2 aliphatic heterocycles. The van der Waals surface area contributed by atoms with Crippen LogP contribution < -0.4 is 10.9 Å². The van der Waals surface area contributed by atoms with Crippen LogP contribution in [0.5, 0.6) is 0 Å². The van der Waals surface area contributed by atoms with Gasteiger partial charge in [-0.25, -0.2) is 0 Å². The first-order chi connectivity index (χ1) is 12.7. The lowest BCUT2D eigenvalue weighted by atomic mass is 9.98. The molecule has 0 radical (unpaired) electrons. The summed E-state index contributed by atoms with van der Waals surface area (Å²) in [5.74, 6) is 1.17. The van der Waals surface area contributed by atoms with Crippen LogP contribution in [0.1, 0.15) is 43.0 Å². The van der Waals surface area contributed by atoms with Gasteiger partial charge in [-0.2, -0.15) is 0 Å². The molecule has 1 aromatic rings. The van der Waals surface area contributed by atoms with Gasteiger partial charge in [0.25, 0.3) is 11.5 Å². The summed E-state index contributed by atoms with van der Waals surface area (Å²) in [5.41, 5.74) is 0.355. The highest BCUT2D eigenvalue weighted by Gasteiger charge is 2.44. The quantitative estimate of drug-likeness (QED) is 0.827. The number of amides is 1. The number of hydrogen-bond acceptors (Lipinski definition) is 4. The lowest BCUT2D eigenvalue weighted by molar-refractivity contribution is 0.0404. The van der Waals surface area contributed by atoms with Gasteiger partial charge in [0.05, 0.1) is 0 Å². The first-order valence-corrected chi connectivity index (χ1v) is 9.99. The topological polar surface area (TPSA) is 63.6 Å². The molecule has 4 rings (SSSR count). The lowest BCUT2D eigenvalue weighted by Crippen LogP contribution is -2.43. The number of likely N-dealkylation sites (tertiary alicyclic amines) is 1. The zero-order valence-corrected chi connectivity index (χ0v) is 16.7. The van der Waals surface area contributed by atoms with Crippen LogP contribution >= 0.6 is 12.4 Å². The van der Waals surface area contributed by atoms with Crippen molar-refractivity contribution in [1.82, 2.24) is 14.8 Å². The average molecular weight is 396 g/mol. The number of pyridine rings is 1. The van der Waals surface area contributed by atoms with E-state index in [2.05, 4.69) is 10.2 Å². The van der Waals surface area contributed by atoms with E-state index in [4.69, 9.17) is 4.74 Å². The van der Waals surface area contributed by atoms with E-state index in [1.807, 2.05) is 6.92 Å². The lowest BCUT2D eigenvalue weighted by Gasteiger charge is -2.31. The molecule has 2 atom stereocenters. The fourth-order valence-electron chi connectivity index (χ4n) is 4.53. The highest BCUT2D eigenvalue weighted by molar-refractivity contribution is 5.94. The summed E-state index contributed by atoms with van der Waals surface area (Å²) in [4.78, 5) is 27.3. The zero-order valence-electron chi connectivity index (χ0n) is 15.9. The van der Waals surface area contributed by atoms with Crippen LogP contribution in [0.4, 0.5) is 0 Å². The molecule has 3 fully saturated rings. The minimum atomic E-state index is -0.117. The van der Waals surface area contributed by atoms with Gasteiger partial charge in [-0.15, -0.1) is 12.4 Å². The third kappa shape index (κ3) is 4.55. The Morgan fingerprint density at radius 2 is 1.96 bits per heavy atom. The number of carbonyl (C=O) groups is 1. The number of hydrogen-bond donors (Lipinski definition) is 1. The fraction of sp³-hybridized carbons (Fsp3) is 0.700. The van der Waals surface area contributed by atoms with Crippen LogP contribution in [-0.2, 0) is 11.3 Å². The number of aryl methyl sites for hydroxylation is 1. The van der Waals surface area contributed by atoms with Crippen molar-refractivity contribution in [2.75, 3.05) is 26.3 Å². The van der Waals surface area contributed by atoms with Gasteiger partial charge in [0.2, 0.25) is 0 Å². The molecule has 0 unspecified atom stereocenters. The van der Waals surface area contributed by atoms with Crippen molar-refractivity contribution in [2.45, 2.75) is 51.2 Å². The summed E-state index contributed by atoms with van der Waals surface area (Å²) in [7, 11) is 0. The standard InChI is InChI=1S/C20H29N3O3.ClH/c1-2-22-8-5-15(11-19(22)24)20(25)21-18-13-23(12-17(18)14-3-4-14)16-6-9-26-10-7-16;/h5,8,11,14,16-18H,2-4,6-7,9-10,12-13H2,1H3,(H,21,25);1H/t17-,18+;/m1./s1. The normalized spacial score (nSPS) is 26.6. The Balaban J connectivity index is 0.00000210. The molecule has 2 saturated heterocycles. The number of aromatic nitrogens is 1. The number of carbonyl (C=O) groups excluding carboxylic acids is 1. The largest absolute Gasteiger partial charge is 0.381 e. The summed E-state index contributed by atoms with van der Waals surface area (Å²) in [5, 5.41) is 3.24. The predicted molar refractivity (Wildman–Crippen MR) is 107 cm³/mol. The van der Waals surface area contributed by atoms with Gasteiger partial charge in [0, 0.05) is 62.8 Å². The Bertz CT molecular complexity index is 713. The van der Waals surface area contributed by atoms with E-state index in [0.29, 0.717) is 24.1 Å². The number of nitrogens with one attached hydrogen (secondary N) is 1. The number of ether oxygens (including phenoxy) is 1. The third-order valence-corrected chi connectivity index (χ3v) is 6.24. The molecule has 7 heteroatoms. The minimum absolute atomic E-state index is 0. The number of rotatable bonds is 5. The molecule has 150 valence electrons. The van der Waals surface area contributed by atoms with Crippen molar-refractivity contribution in [2.24, 2.45) is 11.8 Å². The fourth-order valence-corrected chi connectivity index (χ4v) is 4.53.